The van der Waals surface area contributed by atoms with Gasteiger partial charge in [0.2, 0.25) is 10.9 Å². The molecule has 70 valence electrons. The highest BCUT2D eigenvalue weighted by Gasteiger charge is 2.20. The second-order valence-corrected chi connectivity index (χ2v) is 2.65. The van der Waals surface area contributed by atoms with Crippen molar-refractivity contribution in [3.8, 4) is 0 Å². The highest BCUT2D eigenvalue weighted by molar-refractivity contribution is 7.70. The van der Waals surface area contributed by atoms with E-state index < -0.39 is 35.3 Å². The molecule has 0 amide bonds. The number of rotatable bonds is 5. The Bertz CT molecular complexity index is 250. The predicted molar refractivity (Wildman–Crippen MR) is 37.1 cm³/mol. The first-order valence-corrected chi connectivity index (χ1v) is 3.96. The molecule has 0 aromatic heterocycles. The summed E-state index contributed by atoms with van der Waals surface area (Å²) in [6.07, 6.45) is -0.779. The molecular weight excluding hydrogens is 190 g/mol. The lowest BCUT2D eigenvalue weighted by Crippen LogP contribution is -2.37. The molecule has 0 heterocycles. The molecule has 0 spiro atoms. The summed E-state index contributed by atoms with van der Waals surface area (Å²) in [4.78, 5) is 20.2. The first-order chi connectivity index (χ1) is 5.43. The van der Waals surface area contributed by atoms with E-state index in [2.05, 4.69) is 0 Å². The maximum absolute atomic E-state index is 10.2. The van der Waals surface area contributed by atoms with E-state index in [9.17, 15) is 18.0 Å². The molecule has 1 atom stereocenters. The molecule has 0 aliphatic heterocycles. The van der Waals surface area contributed by atoms with Gasteiger partial charge < -0.3 is 10.2 Å². The predicted octanol–water partition coefficient (Wildman–Crippen LogP) is -1.97. The summed E-state index contributed by atoms with van der Waals surface area (Å²) >= 11 is 0. The lowest BCUT2D eigenvalue weighted by Gasteiger charge is -2.05. The minimum absolute atomic E-state index is 0.779. The highest BCUT2D eigenvalue weighted by Crippen LogP contribution is 1.91. The van der Waals surface area contributed by atoms with Crippen LogP contribution in [0.25, 0.3) is 0 Å². The molecule has 0 fully saturated rings. The van der Waals surface area contributed by atoms with Crippen molar-refractivity contribution in [3.63, 3.8) is 0 Å². The minimum Gasteiger partial charge on any atom is -0.481 e. The lowest BCUT2D eigenvalue weighted by molar-refractivity contribution is -0.145. The van der Waals surface area contributed by atoms with Gasteiger partial charge in [-0.05, 0) is 0 Å². The lowest BCUT2D eigenvalue weighted by atomic mass is 10.2. The normalized spacial score (nSPS) is 12.8. The van der Waals surface area contributed by atoms with Crippen LogP contribution in [0, 0.1) is 0 Å². The first-order valence-electron chi connectivity index (χ1n) is 2.78. The SMILES string of the molecule is O=C(O)C[C@H](N[SH](=O)=O)C(=O)O. The van der Waals surface area contributed by atoms with Crippen molar-refractivity contribution >= 4 is 22.8 Å². The molecular formula is C4H7NO6S. The Morgan fingerprint density at radius 3 is 2.08 bits per heavy atom. The van der Waals surface area contributed by atoms with E-state index in [1.54, 1.807) is 4.72 Å². The van der Waals surface area contributed by atoms with Crippen LogP contribution in [-0.4, -0.2) is 36.6 Å². The molecule has 0 saturated carbocycles. The number of hydrogen-bond donors (Lipinski definition) is 4. The molecule has 0 saturated heterocycles. The number of nitrogens with one attached hydrogen (secondary N) is 1. The zero-order valence-corrected chi connectivity index (χ0v) is 6.65. The number of carboxylic acid groups (broad SMARTS) is 2. The van der Waals surface area contributed by atoms with Crippen molar-refractivity contribution in [2.75, 3.05) is 0 Å². The fourth-order valence-corrected chi connectivity index (χ4v) is 0.946. The zero-order chi connectivity index (χ0) is 9.72. The molecule has 0 unspecified atom stereocenters. The van der Waals surface area contributed by atoms with Gasteiger partial charge in [0.1, 0.15) is 6.04 Å². The quantitative estimate of drug-likeness (QED) is 0.379. The third-order valence-corrected chi connectivity index (χ3v) is 1.46. The van der Waals surface area contributed by atoms with Crippen LogP contribution in [0.1, 0.15) is 6.42 Å². The summed E-state index contributed by atoms with van der Waals surface area (Å²) in [7, 11) is -3.10. The third kappa shape index (κ3) is 4.63. The van der Waals surface area contributed by atoms with Crippen molar-refractivity contribution in [2.24, 2.45) is 0 Å². The molecule has 0 aliphatic rings. The Kier molecular flexibility index (Phi) is 4.22. The van der Waals surface area contributed by atoms with Crippen molar-refractivity contribution in [3.05, 3.63) is 0 Å². The van der Waals surface area contributed by atoms with Crippen LogP contribution >= 0.6 is 0 Å². The van der Waals surface area contributed by atoms with Gasteiger partial charge in [-0.2, -0.15) is 0 Å². The molecule has 12 heavy (non-hydrogen) atoms. The van der Waals surface area contributed by atoms with Gasteiger partial charge in [0.25, 0.3) is 0 Å². The summed E-state index contributed by atoms with van der Waals surface area (Å²) in [6.45, 7) is 0. The van der Waals surface area contributed by atoms with Crippen LogP contribution < -0.4 is 4.72 Å². The summed E-state index contributed by atoms with van der Waals surface area (Å²) in [5, 5.41) is 16.4. The molecule has 0 radical (unpaired) electrons. The summed E-state index contributed by atoms with van der Waals surface area (Å²) in [6, 6.07) is -1.59. The fourth-order valence-electron chi connectivity index (χ4n) is 0.490. The Balaban J connectivity index is 4.23. The molecule has 0 aromatic carbocycles. The van der Waals surface area contributed by atoms with Gasteiger partial charge in [0.05, 0.1) is 6.42 Å². The van der Waals surface area contributed by atoms with Gasteiger partial charge in [-0.25, -0.2) is 13.1 Å². The molecule has 3 N–H and O–H groups in total. The number of thiol groups is 1. The first kappa shape index (κ1) is 10.8. The Labute approximate surface area is 69.1 Å². The van der Waals surface area contributed by atoms with Crippen LogP contribution in [0.15, 0.2) is 0 Å². The third-order valence-electron chi connectivity index (χ3n) is 0.938. The molecule has 0 rings (SSSR count). The molecule has 0 bridgehead atoms. The average molecular weight is 197 g/mol. The largest absolute Gasteiger partial charge is 0.481 e. The van der Waals surface area contributed by atoms with E-state index in [-0.39, 0.29) is 0 Å². The number of aliphatic carboxylic acids is 2. The number of carboxylic acids is 2. The zero-order valence-electron chi connectivity index (χ0n) is 5.76. The van der Waals surface area contributed by atoms with E-state index in [1.165, 1.54) is 0 Å². The Morgan fingerprint density at radius 1 is 1.33 bits per heavy atom. The smallest absolute Gasteiger partial charge is 0.322 e. The average Bonchev–Trinajstić information content (AvgIpc) is 1.83. The van der Waals surface area contributed by atoms with Crippen LogP contribution in [0.4, 0.5) is 0 Å². The summed E-state index contributed by atoms with van der Waals surface area (Å²) in [5.41, 5.74) is 0. The van der Waals surface area contributed by atoms with Crippen molar-refractivity contribution in [2.45, 2.75) is 12.5 Å². The van der Waals surface area contributed by atoms with E-state index >= 15 is 0 Å². The van der Waals surface area contributed by atoms with Crippen LogP contribution in [0.5, 0.6) is 0 Å². The summed E-state index contributed by atoms with van der Waals surface area (Å²) in [5.74, 6) is -2.90. The monoisotopic (exact) mass is 197 g/mol. The van der Waals surface area contributed by atoms with Gasteiger partial charge in [-0.1, -0.05) is 0 Å². The van der Waals surface area contributed by atoms with Gasteiger partial charge in [-0.15, -0.1) is 0 Å². The fraction of sp³-hybridized carbons (Fsp3) is 0.500. The second kappa shape index (κ2) is 4.67. The number of carbonyl (C=O) groups is 2. The van der Waals surface area contributed by atoms with Crippen LogP contribution in [0.3, 0.4) is 0 Å². The topological polar surface area (TPSA) is 121 Å². The molecule has 0 aromatic rings. The van der Waals surface area contributed by atoms with E-state index in [0.29, 0.717) is 0 Å². The Hall–Kier alpha value is -1.15. The van der Waals surface area contributed by atoms with Gasteiger partial charge in [-0.3, -0.25) is 9.59 Å². The van der Waals surface area contributed by atoms with Crippen molar-refractivity contribution < 1.29 is 28.2 Å². The van der Waals surface area contributed by atoms with Crippen molar-refractivity contribution in [1.29, 1.82) is 0 Å². The van der Waals surface area contributed by atoms with Crippen LogP contribution in [0.2, 0.25) is 0 Å². The second-order valence-electron chi connectivity index (χ2n) is 1.87. The van der Waals surface area contributed by atoms with E-state index in [1.807, 2.05) is 0 Å². The number of hydrogen-bond acceptors (Lipinski definition) is 4. The highest BCUT2D eigenvalue weighted by atomic mass is 32.2. The molecule has 0 aliphatic carbocycles. The maximum atomic E-state index is 10.2. The molecule has 8 heteroatoms. The Morgan fingerprint density at radius 2 is 1.83 bits per heavy atom. The van der Waals surface area contributed by atoms with Crippen LogP contribution in [-0.2, 0) is 20.5 Å². The minimum atomic E-state index is -3.10. The van der Waals surface area contributed by atoms with Gasteiger partial charge in [0, 0.05) is 0 Å². The van der Waals surface area contributed by atoms with Gasteiger partial charge in [0.15, 0.2) is 0 Å². The van der Waals surface area contributed by atoms with E-state index in [4.69, 9.17) is 10.2 Å². The maximum Gasteiger partial charge on any atom is 0.322 e. The molecule has 7 nitrogen and oxygen atoms in total. The standard InChI is InChI=1S/C4H7NO6S/c6-3(7)1-2(4(8)9)5-12(10)11/h2,12H,1H2,(H,6,7)(H,8,9)(H,5,10,11)/t2-/m0/s1. The van der Waals surface area contributed by atoms with Crippen molar-refractivity contribution in [1.82, 2.24) is 4.72 Å². The van der Waals surface area contributed by atoms with E-state index in [0.717, 1.165) is 0 Å². The van der Waals surface area contributed by atoms with Gasteiger partial charge >= 0.3 is 11.9 Å². The summed E-state index contributed by atoms with van der Waals surface area (Å²) < 4.78 is 21.5.